The summed E-state index contributed by atoms with van der Waals surface area (Å²) in [7, 11) is -3.81. The van der Waals surface area contributed by atoms with Crippen molar-refractivity contribution in [2.75, 3.05) is 9.80 Å². The van der Waals surface area contributed by atoms with Crippen molar-refractivity contribution in [3.63, 3.8) is 0 Å². The van der Waals surface area contributed by atoms with Gasteiger partial charge in [-0.05, 0) is 142 Å². The molecule has 9 heteroatoms. The Kier molecular flexibility index (Phi) is 6.66. The van der Waals surface area contributed by atoms with Crippen LogP contribution in [0.3, 0.4) is 0 Å². The maximum atomic E-state index is 17.6. The molecule has 5 aliphatic rings. The first-order valence-electron chi connectivity index (χ1n) is 24.1. The van der Waals surface area contributed by atoms with Gasteiger partial charge in [0.15, 0.2) is 30.1 Å². The van der Waals surface area contributed by atoms with E-state index in [1.54, 1.807) is 0 Å². The molecule has 2 aromatic heterocycles. The van der Waals surface area contributed by atoms with Crippen LogP contribution in [-0.2, 0) is 4.57 Å². The average Bonchev–Trinajstić information content (AvgIpc) is 3.95. The molecule has 0 unspecified atom stereocenters. The van der Waals surface area contributed by atoms with E-state index in [1.807, 2.05) is 72.8 Å². The van der Waals surface area contributed by atoms with E-state index in [0.29, 0.717) is 45.1 Å². The molecular formula is C63H33N2O6P. The van der Waals surface area contributed by atoms with Gasteiger partial charge in [-0.1, -0.05) is 84.9 Å². The number of nitrogens with zero attached hydrogens (tertiary/aromatic N) is 2. The van der Waals surface area contributed by atoms with Crippen molar-refractivity contribution in [1.82, 2.24) is 0 Å². The minimum atomic E-state index is -3.81. The number of benzene rings is 11. The Labute approximate surface area is 409 Å². The van der Waals surface area contributed by atoms with Gasteiger partial charge < -0.3 is 37.4 Å². The van der Waals surface area contributed by atoms with Crippen molar-refractivity contribution >= 4 is 123 Å². The Morgan fingerprint density at radius 2 is 0.806 bits per heavy atom. The van der Waals surface area contributed by atoms with E-state index in [0.717, 1.165) is 133 Å². The zero-order valence-corrected chi connectivity index (χ0v) is 39.0. The Morgan fingerprint density at radius 3 is 1.29 bits per heavy atom. The fourth-order valence-corrected chi connectivity index (χ4v) is 16.1. The SMILES string of the molecule is Cc1cc2c3c(c1)N1c4ccccc4Oc4c(-c5ccc6oc7cc8ccccc8cc7c6c5)cc5c(c41)P3(=O)c1c(cc(-c3ccc4oc6cc7ccccc7cc6c4c3)c3c1N2c1ccccc1O3)O5. The number of fused-ring (bicyclic) bond motifs is 14. The van der Waals surface area contributed by atoms with Crippen molar-refractivity contribution < 1.29 is 27.6 Å². The van der Waals surface area contributed by atoms with E-state index < -0.39 is 7.14 Å². The summed E-state index contributed by atoms with van der Waals surface area (Å²) in [6, 6.07) is 62.7. The van der Waals surface area contributed by atoms with Crippen LogP contribution in [0.5, 0.6) is 34.5 Å². The number of ether oxygens (including phenoxy) is 3. The third-order valence-electron chi connectivity index (χ3n) is 15.6. The highest BCUT2D eigenvalue weighted by Gasteiger charge is 2.58. The number of rotatable bonds is 2. The number of aryl methyl sites for hydroxylation is 1. The summed E-state index contributed by atoms with van der Waals surface area (Å²) in [5.41, 5.74) is 12.5. The molecule has 0 fully saturated rings. The molecule has 72 heavy (non-hydrogen) atoms. The molecule has 7 heterocycles. The number of furan rings is 2. The van der Waals surface area contributed by atoms with Gasteiger partial charge in [0, 0.05) is 32.7 Å². The summed E-state index contributed by atoms with van der Waals surface area (Å²) in [5, 5.41) is 10.6. The number of hydrogen-bond donors (Lipinski definition) is 0. The lowest BCUT2D eigenvalue weighted by molar-refractivity contribution is 0.463. The van der Waals surface area contributed by atoms with E-state index in [2.05, 4.69) is 126 Å². The second-order valence-electron chi connectivity index (χ2n) is 19.6. The topological polar surface area (TPSA) is 77.5 Å². The lowest BCUT2D eigenvalue weighted by Gasteiger charge is -2.50. The summed E-state index contributed by atoms with van der Waals surface area (Å²) in [4.78, 5) is 4.54. The van der Waals surface area contributed by atoms with Gasteiger partial charge in [-0.2, -0.15) is 0 Å². The summed E-state index contributed by atoms with van der Waals surface area (Å²) in [5.74, 6) is 3.67. The van der Waals surface area contributed by atoms with E-state index in [1.165, 1.54) is 0 Å². The standard InChI is InChI=1S/C63H33N2O6P/c1-32-22-47-61-48(23-32)65-46-15-7-9-17-52(46)71-60-40(38-19-21-50-42(27-38)44-25-34-11-3-5-13-36(34)29-54(44)68-50)31-56-63(58(60)65)72(61,66)62-55(69-56)30-39(59-57(62)64(47)45-14-6-8-16-51(45)70-59)37-18-20-49-41(26-37)43-24-33-10-2-4-12-35(33)28-53(43)67-49/h2-31H,1H3. The molecular weight excluding hydrogens is 912 g/mol. The van der Waals surface area contributed by atoms with Crippen molar-refractivity contribution in [1.29, 1.82) is 0 Å². The first-order valence-corrected chi connectivity index (χ1v) is 25.8. The van der Waals surface area contributed by atoms with Gasteiger partial charge in [-0.3, -0.25) is 0 Å². The molecule has 0 amide bonds. The van der Waals surface area contributed by atoms with Crippen molar-refractivity contribution in [3.8, 4) is 56.8 Å². The van der Waals surface area contributed by atoms with Gasteiger partial charge in [-0.15, -0.1) is 0 Å². The minimum Gasteiger partial charge on any atom is -0.456 e. The van der Waals surface area contributed by atoms with Crippen LogP contribution in [0.15, 0.2) is 191 Å². The highest BCUT2D eigenvalue weighted by molar-refractivity contribution is 7.87. The fourth-order valence-electron chi connectivity index (χ4n) is 12.6. The average molecular weight is 945 g/mol. The highest BCUT2D eigenvalue weighted by Crippen LogP contribution is 2.72. The largest absolute Gasteiger partial charge is 0.456 e. The van der Waals surface area contributed by atoms with Crippen LogP contribution in [0, 0.1) is 6.92 Å². The predicted molar refractivity (Wildman–Crippen MR) is 288 cm³/mol. The Morgan fingerprint density at radius 1 is 0.375 bits per heavy atom. The number of hydrogen-bond acceptors (Lipinski definition) is 8. The Balaban J connectivity index is 0.938. The zero-order chi connectivity index (χ0) is 46.9. The first-order chi connectivity index (χ1) is 35.4. The number of anilines is 6. The van der Waals surface area contributed by atoms with Crippen LogP contribution < -0.4 is 39.9 Å². The molecule has 0 radical (unpaired) electrons. The van der Waals surface area contributed by atoms with Gasteiger partial charge in [0.2, 0.25) is 0 Å². The molecule has 0 N–H and O–H groups in total. The van der Waals surface area contributed by atoms with Crippen LogP contribution in [0.25, 0.3) is 87.7 Å². The van der Waals surface area contributed by atoms with Gasteiger partial charge in [0.25, 0.3) is 0 Å². The lowest BCUT2D eigenvalue weighted by atomic mass is 9.96. The smallest absolute Gasteiger partial charge is 0.186 e. The normalized spacial score (nSPS) is 14.6. The minimum absolute atomic E-state index is 0.521. The van der Waals surface area contributed by atoms with Gasteiger partial charge in [0.1, 0.15) is 45.2 Å². The van der Waals surface area contributed by atoms with E-state index >= 15 is 4.57 Å². The van der Waals surface area contributed by atoms with Crippen LogP contribution >= 0.6 is 7.14 Å². The summed E-state index contributed by atoms with van der Waals surface area (Å²) >= 11 is 0. The second-order valence-corrected chi connectivity index (χ2v) is 22.1. The third kappa shape index (κ3) is 4.54. The molecule has 13 aromatic rings. The van der Waals surface area contributed by atoms with Crippen LogP contribution in [0.4, 0.5) is 34.1 Å². The Bertz CT molecular complexity index is 4520. The van der Waals surface area contributed by atoms with Gasteiger partial charge in [0.05, 0.1) is 38.7 Å². The third-order valence-corrected chi connectivity index (χ3v) is 18.8. The molecule has 18 rings (SSSR count). The second kappa shape index (κ2) is 12.7. The Hall–Kier alpha value is -9.23. The van der Waals surface area contributed by atoms with Crippen LogP contribution in [0.2, 0.25) is 0 Å². The van der Waals surface area contributed by atoms with Crippen molar-refractivity contribution in [2.45, 2.75) is 6.92 Å². The molecule has 5 aliphatic heterocycles. The van der Waals surface area contributed by atoms with Crippen LogP contribution in [-0.4, -0.2) is 0 Å². The maximum absolute atomic E-state index is 17.6. The van der Waals surface area contributed by atoms with Crippen LogP contribution in [0.1, 0.15) is 5.56 Å². The monoisotopic (exact) mass is 944 g/mol. The molecule has 0 aliphatic carbocycles. The number of para-hydroxylation sites is 4. The highest BCUT2D eigenvalue weighted by atomic mass is 31.2. The maximum Gasteiger partial charge on any atom is 0.186 e. The van der Waals surface area contributed by atoms with E-state index in [-0.39, 0.29) is 0 Å². The molecule has 0 bridgehead atoms. The molecule has 8 nitrogen and oxygen atoms in total. The molecule has 336 valence electrons. The molecule has 0 atom stereocenters. The summed E-state index contributed by atoms with van der Waals surface area (Å²) < 4.78 is 52.3. The van der Waals surface area contributed by atoms with Gasteiger partial charge in [-0.25, -0.2) is 0 Å². The zero-order valence-electron chi connectivity index (χ0n) is 38.1. The molecule has 11 aromatic carbocycles. The molecule has 0 saturated heterocycles. The quantitative estimate of drug-likeness (QED) is 0.159. The summed E-state index contributed by atoms with van der Waals surface area (Å²) in [6.07, 6.45) is 0. The molecule has 0 saturated carbocycles. The van der Waals surface area contributed by atoms with Crippen molar-refractivity contribution in [2.24, 2.45) is 0 Å². The first kappa shape index (κ1) is 37.6. The summed E-state index contributed by atoms with van der Waals surface area (Å²) in [6.45, 7) is 2.12. The lowest BCUT2D eigenvalue weighted by Crippen LogP contribution is -2.46. The predicted octanol–water partition coefficient (Wildman–Crippen LogP) is 17.0. The fraction of sp³-hybridized carbons (Fsp3) is 0.0159. The van der Waals surface area contributed by atoms with E-state index in [4.69, 9.17) is 23.0 Å². The van der Waals surface area contributed by atoms with E-state index in [9.17, 15) is 0 Å². The molecule has 0 spiro atoms. The van der Waals surface area contributed by atoms with Crippen molar-refractivity contribution in [3.05, 3.63) is 188 Å². The van der Waals surface area contributed by atoms with Gasteiger partial charge >= 0.3 is 0 Å².